The molecular formula is C13H16N4O2. The second kappa shape index (κ2) is 5.01. The highest BCUT2D eigenvalue weighted by atomic mass is 16.3. The molecule has 0 aliphatic rings. The van der Waals surface area contributed by atoms with Gasteiger partial charge in [-0.25, -0.2) is 4.98 Å². The van der Waals surface area contributed by atoms with Gasteiger partial charge in [-0.1, -0.05) is 0 Å². The fraction of sp³-hybridized carbons (Fsp3) is 0.231. The van der Waals surface area contributed by atoms with Gasteiger partial charge in [0.05, 0.1) is 12.0 Å². The van der Waals surface area contributed by atoms with Gasteiger partial charge in [0.2, 0.25) is 0 Å². The van der Waals surface area contributed by atoms with Crippen LogP contribution in [0.25, 0.3) is 0 Å². The minimum Gasteiger partial charge on any atom is -0.469 e. The van der Waals surface area contributed by atoms with Crippen molar-refractivity contribution in [3.63, 3.8) is 0 Å². The number of primary amides is 1. The lowest BCUT2D eigenvalue weighted by atomic mass is 10.2. The van der Waals surface area contributed by atoms with E-state index in [1.165, 1.54) is 6.07 Å². The van der Waals surface area contributed by atoms with Crippen LogP contribution in [0.1, 0.15) is 21.8 Å². The van der Waals surface area contributed by atoms with Crippen molar-refractivity contribution in [2.75, 3.05) is 17.7 Å². The highest BCUT2D eigenvalue weighted by Crippen LogP contribution is 2.22. The molecule has 0 fully saturated rings. The minimum absolute atomic E-state index is 0.194. The third-order valence-corrected chi connectivity index (χ3v) is 2.89. The van der Waals surface area contributed by atoms with E-state index in [1.54, 1.807) is 12.3 Å². The average Bonchev–Trinajstić information content (AvgIpc) is 2.75. The van der Waals surface area contributed by atoms with Gasteiger partial charge in [-0.3, -0.25) is 4.79 Å². The third-order valence-electron chi connectivity index (χ3n) is 2.89. The number of amides is 1. The number of furan rings is 1. The standard InChI is InChI=1S/C13H16N4O2/c1-8-9(5-6-19-8)7-17(2)13-10(14)3-4-11(16-13)12(15)18/h3-6H,7,14H2,1-2H3,(H2,15,18). The predicted molar refractivity (Wildman–Crippen MR) is 72.7 cm³/mol. The Balaban J connectivity index is 2.28. The highest BCUT2D eigenvalue weighted by molar-refractivity contribution is 5.91. The van der Waals surface area contributed by atoms with Crippen molar-refractivity contribution in [2.24, 2.45) is 5.73 Å². The second-order valence-electron chi connectivity index (χ2n) is 4.33. The first kappa shape index (κ1) is 12.9. The van der Waals surface area contributed by atoms with Crippen LogP contribution in [0.3, 0.4) is 0 Å². The minimum atomic E-state index is -0.575. The number of anilines is 2. The van der Waals surface area contributed by atoms with Crippen molar-refractivity contribution >= 4 is 17.4 Å². The smallest absolute Gasteiger partial charge is 0.267 e. The summed E-state index contributed by atoms with van der Waals surface area (Å²) in [6.07, 6.45) is 1.63. The van der Waals surface area contributed by atoms with Gasteiger partial charge in [0.25, 0.3) is 5.91 Å². The number of hydrogen-bond acceptors (Lipinski definition) is 5. The highest BCUT2D eigenvalue weighted by Gasteiger charge is 2.13. The van der Waals surface area contributed by atoms with Gasteiger partial charge >= 0.3 is 0 Å². The zero-order valence-electron chi connectivity index (χ0n) is 10.9. The Morgan fingerprint density at radius 1 is 1.42 bits per heavy atom. The van der Waals surface area contributed by atoms with E-state index in [0.29, 0.717) is 18.1 Å². The monoisotopic (exact) mass is 260 g/mol. The van der Waals surface area contributed by atoms with Gasteiger partial charge in [-0.2, -0.15) is 0 Å². The number of aryl methyl sites for hydroxylation is 1. The molecule has 0 aliphatic carbocycles. The molecule has 2 aromatic rings. The Morgan fingerprint density at radius 3 is 2.74 bits per heavy atom. The lowest BCUT2D eigenvalue weighted by Crippen LogP contribution is -2.22. The normalized spacial score (nSPS) is 10.4. The van der Waals surface area contributed by atoms with Crippen molar-refractivity contribution in [1.82, 2.24) is 4.98 Å². The first-order valence-electron chi connectivity index (χ1n) is 5.79. The Kier molecular flexibility index (Phi) is 3.41. The van der Waals surface area contributed by atoms with E-state index in [4.69, 9.17) is 15.9 Å². The molecule has 2 rings (SSSR count). The molecule has 6 heteroatoms. The summed E-state index contributed by atoms with van der Waals surface area (Å²) in [4.78, 5) is 17.2. The summed E-state index contributed by atoms with van der Waals surface area (Å²) in [6, 6.07) is 5.03. The third kappa shape index (κ3) is 2.67. The molecule has 2 heterocycles. The Labute approximate surface area is 111 Å². The van der Waals surface area contributed by atoms with Gasteiger partial charge < -0.3 is 20.8 Å². The van der Waals surface area contributed by atoms with Crippen LogP contribution >= 0.6 is 0 Å². The van der Waals surface area contributed by atoms with Crippen molar-refractivity contribution in [3.05, 3.63) is 41.5 Å². The molecule has 0 saturated heterocycles. The number of aromatic nitrogens is 1. The molecule has 4 N–H and O–H groups in total. The first-order valence-corrected chi connectivity index (χ1v) is 5.79. The maximum atomic E-state index is 11.1. The van der Waals surface area contributed by atoms with Gasteiger partial charge in [0.1, 0.15) is 11.5 Å². The fourth-order valence-corrected chi connectivity index (χ4v) is 1.81. The summed E-state index contributed by atoms with van der Waals surface area (Å²) in [7, 11) is 1.84. The summed E-state index contributed by atoms with van der Waals surface area (Å²) in [5, 5.41) is 0. The molecule has 2 aromatic heterocycles. The van der Waals surface area contributed by atoms with Crippen LogP contribution in [-0.2, 0) is 6.54 Å². The number of carbonyl (C=O) groups excluding carboxylic acids is 1. The molecule has 0 unspecified atom stereocenters. The van der Waals surface area contributed by atoms with Crippen molar-refractivity contribution in [2.45, 2.75) is 13.5 Å². The summed E-state index contributed by atoms with van der Waals surface area (Å²) in [5.74, 6) is 0.794. The molecule has 100 valence electrons. The quantitative estimate of drug-likeness (QED) is 0.863. The Morgan fingerprint density at radius 2 is 2.16 bits per heavy atom. The maximum Gasteiger partial charge on any atom is 0.267 e. The summed E-state index contributed by atoms with van der Waals surface area (Å²) in [6.45, 7) is 2.47. The average molecular weight is 260 g/mol. The summed E-state index contributed by atoms with van der Waals surface area (Å²) >= 11 is 0. The van der Waals surface area contributed by atoms with E-state index in [2.05, 4.69) is 4.98 Å². The van der Waals surface area contributed by atoms with E-state index >= 15 is 0 Å². The zero-order valence-corrected chi connectivity index (χ0v) is 10.9. The van der Waals surface area contributed by atoms with E-state index in [1.807, 2.05) is 24.9 Å². The topological polar surface area (TPSA) is 98.4 Å². The number of nitrogens with two attached hydrogens (primary N) is 2. The van der Waals surface area contributed by atoms with Gasteiger partial charge in [0, 0.05) is 19.2 Å². The largest absolute Gasteiger partial charge is 0.469 e. The zero-order chi connectivity index (χ0) is 14.0. The number of pyridine rings is 1. The molecule has 0 aromatic carbocycles. The number of nitrogen functional groups attached to an aromatic ring is 1. The molecule has 19 heavy (non-hydrogen) atoms. The van der Waals surface area contributed by atoms with Crippen LogP contribution in [0, 0.1) is 6.92 Å². The lowest BCUT2D eigenvalue weighted by Gasteiger charge is -2.19. The number of hydrogen-bond donors (Lipinski definition) is 2. The van der Waals surface area contributed by atoms with Gasteiger partial charge in [0.15, 0.2) is 5.82 Å². The van der Waals surface area contributed by atoms with Gasteiger partial charge in [-0.05, 0) is 25.1 Å². The number of rotatable bonds is 4. The molecule has 0 spiro atoms. The molecule has 0 radical (unpaired) electrons. The summed E-state index contributed by atoms with van der Waals surface area (Å²) < 4.78 is 5.24. The molecule has 0 atom stereocenters. The number of carbonyl (C=O) groups is 1. The molecule has 0 bridgehead atoms. The fourth-order valence-electron chi connectivity index (χ4n) is 1.81. The van der Waals surface area contributed by atoms with Crippen LogP contribution < -0.4 is 16.4 Å². The van der Waals surface area contributed by atoms with Crippen molar-refractivity contribution in [3.8, 4) is 0 Å². The van der Waals surface area contributed by atoms with Crippen molar-refractivity contribution in [1.29, 1.82) is 0 Å². The van der Waals surface area contributed by atoms with Crippen LogP contribution in [0.5, 0.6) is 0 Å². The molecular weight excluding hydrogens is 244 g/mol. The first-order chi connectivity index (χ1) is 8.99. The van der Waals surface area contributed by atoms with Crippen LogP contribution in [0.15, 0.2) is 28.9 Å². The van der Waals surface area contributed by atoms with E-state index in [9.17, 15) is 4.79 Å². The SMILES string of the molecule is Cc1occc1CN(C)c1nc(C(N)=O)ccc1N. The van der Waals surface area contributed by atoms with E-state index < -0.39 is 5.91 Å². The molecule has 1 amide bonds. The molecule has 0 aliphatic heterocycles. The van der Waals surface area contributed by atoms with E-state index in [0.717, 1.165) is 11.3 Å². The predicted octanol–water partition coefficient (Wildman–Crippen LogP) is 1.30. The molecule has 6 nitrogen and oxygen atoms in total. The van der Waals surface area contributed by atoms with E-state index in [-0.39, 0.29) is 5.69 Å². The van der Waals surface area contributed by atoms with Crippen LogP contribution in [0.4, 0.5) is 11.5 Å². The van der Waals surface area contributed by atoms with Crippen LogP contribution in [-0.4, -0.2) is 17.9 Å². The lowest BCUT2D eigenvalue weighted by molar-refractivity contribution is 0.0995. The molecule has 0 saturated carbocycles. The van der Waals surface area contributed by atoms with Crippen molar-refractivity contribution < 1.29 is 9.21 Å². The maximum absolute atomic E-state index is 11.1. The second-order valence-corrected chi connectivity index (χ2v) is 4.33. The number of nitrogens with zero attached hydrogens (tertiary/aromatic N) is 2. The van der Waals surface area contributed by atoms with Crippen LogP contribution in [0.2, 0.25) is 0 Å². The summed E-state index contributed by atoms with van der Waals surface area (Å²) in [5.41, 5.74) is 12.8. The Hall–Kier alpha value is -2.50. The Bertz CT molecular complexity index is 606. The van der Waals surface area contributed by atoms with Gasteiger partial charge in [-0.15, -0.1) is 0 Å².